The Morgan fingerprint density at radius 3 is 2.63 bits per heavy atom. The van der Waals surface area contributed by atoms with Crippen LogP contribution >= 0.6 is 0 Å². The fourth-order valence-electron chi connectivity index (χ4n) is 3.95. The average molecular weight is 363 g/mol. The number of aryl methyl sites for hydroxylation is 1. The van der Waals surface area contributed by atoms with Gasteiger partial charge in [-0.2, -0.15) is 0 Å². The van der Waals surface area contributed by atoms with Gasteiger partial charge in [0.05, 0.1) is 0 Å². The van der Waals surface area contributed by atoms with E-state index in [1.165, 1.54) is 5.56 Å². The lowest BCUT2D eigenvalue weighted by molar-refractivity contribution is 0.0691. The minimum absolute atomic E-state index is 0.0640. The van der Waals surface area contributed by atoms with Gasteiger partial charge in [-0.15, -0.1) is 0 Å². The number of amides is 2. The minimum Gasteiger partial charge on any atom is -0.337 e. The average Bonchev–Trinajstić information content (AvgIpc) is 2.73. The van der Waals surface area contributed by atoms with Crippen molar-refractivity contribution in [2.75, 3.05) is 24.5 Å². The fourth-order valence-corrected chi connectivity index (χ4v) is 3.95. The smallest absolute Gasteiger partial charge is 0.272 e. The highest BCUT2D eigenvalue weighted by molar-refractivity contribution is 6.07. The van der Waals surface area contributed by atoms with Crippen molar-refractivity contribution in [3.63, 3.8) is 0 Å². The second kappa shape index (κ2) is 7.51. The Balaban J connectivity index is 1.56. The molecule has 0 unspecified atom stereocenters. The van der Waals surface area contributed by atoms with E-state index in [0.29, 0.717) is 23.7 Å². The monoisotopic (exact) mass is 363 g/mol. The van der Waals surface area contributed by atoms with Gasteiger partial charge in [0, 0.05) is 37.1 Å². The number of para-hydroxylation sites is 1. The van der Waals surface area contributed by atoms with Crippen LogP contribution in [-0.2, 0) is 6.42 Å². The molecule has 2 aromatic rings. The molecule has 0 bridgehead atoms. The van der Waals surface area contributed by atoms with Crippen LogP contribution in [0, 0.1) is 5.92 Å². The second-order valence-electron chi connectivity index (χ2n) is 7.59. The minimum atomic E-state index is -0.0735. The summed E-state index contributed by atoms with van der Waals surface area (Å²) in [5, 5.41) is 0. The lowest BCUT2D eigenvalue weighted by atomic mass is 9.99. The van der Waals surface area contributed by atoms with Crippen molar-refractivity contribution < 1.29 is 9.59 Å². The van der Waals surface area contributed by atoms with Crippen LogP contribution in [0.1, 0.15) is 52.6 Å². The molecule has 0 saturated carbocycles. The number of fused-ring (bicyclic) bond motifs is 1. The lowest BCUT2D eigenvalue weighted by Gasteiger charge is -2.30. The zero-order valence-electron chi connectivity index (χ0n) is 15.7. The summed E-state index contributed by atoms with van der Waals surface area (Å²) in [6, 6.07) is 11.4. The molecule has 2 amide bonds. The van der Waals surface area contributed by atoms with Gasteiger partial charge in [0.15, 0.2) is 0 Å². The van der Waals surface area contributed by atoms with E-state index in [1.54, 1.807) is 18.3 Å². The van der Waals surface area contributed by atoms with Crippen LogP contribution in [0.25, 0.3) is 0 Å². The van der Waals surface area contributed by atoms with Gasteiger partial charge in [0.2, 0.25) is 0 Å². The zero-order valence-corrected chi connectivity index (χ0v) is 15.7. The summed E-state index contributed by atoms with van der Waals surface area (Å²) in [6.45, 7) is 4.44. The van der Waals surface area contributed by atoms with E-state index in [0.717, 1.165) is 44.5 Å². The molecule has 5 nitrogen and oxygen atoms in total. The van der Waals surface area contributed by atoms with Gasteiger partial charge in [-0.05, 0) is 55.4 Å². The number of benzene rings is 1. The molecule has 3 heterocycles. The van der Waals surface area contributed by atoms with E-state index in [-0.39, 0.29) is 11.8 Å². The van der Waals surface area contributed by atoms with Crippen LogP contribution in [0.15, 0.2) is 42.6 Å². The molecule has 1 fully saturated rings. The number of rotatable bonds is 2. The first-order valence-corrected chi connectivity index (χ1v) is 9.78. The Bertz CT molecular complexity index is 856. The van der Waals surface area contributed by atoms with Gasteiger partial charge in [0.25, 0.3) is 11.8 Å². The van der Waals surface area contributed by atoms with Gasteiger partial charge < -0.3 is 9.80 Å². The number of hydrogen-bond donors (Lipinski definition) is 0. The summed E-state index contributed by atoms with van der Waals surface area (Å²) in [5.74, 6) is 0.524. The predicted molar refractivity (Wildman–Crippen MR) is 105 cm³/mol. The standard InChI is InChI=1S/C22H25N3O2/c1-16-9-13-24(14-10-16)22(27)19-15-18(8-11-23-19)21(26)25-12-4-6-17-5-2-3-7-20(17)25/h2-3,5,7-8,11,15-16H,4,6,9-10,12-14H2,1H3. The highest BCUT2D eigenvalue weighted by Gasteiger charge is 2.26. The third-order valence-electron chi connectivity index (χ3n) is 5.65. The van der Waals surface area contributed by atoms with E-state index < -0.39 is 0 Å². The van der Waals surface area contributed by atoms with Crippen LogP contribution in [0.4, 0.5) is 5.69 Å². The third kappa shape index (κ3) is 3.59. The molecule has 0 radical (unpaired) electrons. The van der Waals surface area contributed by atoms with E-state index in [9.17, 15) is 9.59 Å². The van der Waals surface area contributed by atoms with Crippen LogP contribution in [0.2, 0.25) is 0 Å². The Morgan fingerprint density at radius 1 is 1.04 bits per heavy atom. The highest BCUT2D eigenvalue weighted by atomic mass is 16.2. The fraction of sp³-hybridized carbons (Fsp3) is 0.409. The molecule has 4 rings (SSSR count). The molecular weight excluding hydrogens is 338 g/mol. The number of carbonyl (C=O) groups is 2. The molecule has 1 aromatic carbocycles. The summed E-state index contributed by atoms with van der Waals surface area (Å²) in [4.78, 5) is 33.8. The summed E-state index contributed by atoms with van der Waals surface area (Å²) >= 11 is 0. The molecule has 1 aromatic heterocycles. The summed E-state index contributed by atoms with van der Waals surface area (Å²) < 4.78 is 0. The highest BCUT2D eigenvalue weighted by Crippen LogP contribution is 2.28. The van der Waals surface area contributed by atoms with Crippen molar-refractivity contribution in [1.82, 2.24) is 9.88 Å². The van der Waals surface area contributed by atoms with Crippen molar-refractivity contribution >= 4 is 17.5 Å². The van der Waals surface area contributed by atoms with Crippen LogP contribution in [-0.4, -0.2) is 41.3 Å². The topological polar surface area (TPSA) is 53.5 Å². The van der Waals surface area contributed by atoms with Crippen molar-refractivity contribution in [3.8, 4) is 0 Å². The van der Waals surface area contributed by atoms with Crippen molar-refractivity contribution in [1.29, 1.82) is 0 Å². The summed E-state index contributed by atoms with van der Waals surface area (Å²) in [6.07, 6.45) is 5.56. The van der Waals surface area contributed by atoms with E-state index >= 15 is 0 Å². The normalized spacial score (nSPS) is 17.5. The first-order chi connectivity index (χ1) is 13.1. The molecule has 0 N–H and O–H groups in total. The van der Waals surface area contributed by atoms with Gasteiger partial charge in [-0.25, -0.2) is 0 Å². The molecule has 2 aliphatic rings. The first-order valence-electron chi connectivity index (χ1n) is 9.78. The first kappa shape index (κ1) is 17.7. The van der Waals surface area contributed by atoms with Crippen molar-refractivity contribution in [2.24, 2.45) is 5.92 Å². The van der Waals surface area contributed by atoms with Gasteiger partial charge in [0.1, 0.15) is 5.69 Å². The molecule has 0 aliphatic carbocycles. The maximum absolute atomic E-state index is 13.1. The van der Waals surface area contributed by atoms with E-state index in [1.807, 2.05) is 28.0 Å². The summed E-state index contributed by atoms with van der Waals surface area (Å²) in [7, 11) is 0. The number of piperidine rings is 1. The Hall–Kier alpha value is -2.69. The molecule has 5 heteroatoms. The number of anilines is 1. The number of hydrogen-bond acceptors (Lipinski definition) is 3. The number of likely N-dealkylation sites (tertiary alicyclic amines) is 1. The molecule has 2 aliphatic heterocycles. The molecule has 140 valence electrons. The zero-order chi connectivity index (χ0) is 18.8. The maximum atomic E-state index is 13.1. The van der Waals surface area contributed by atoms with Gasteiger partial charge >= 0.3 is 0 Å². The molecule has 0 atom stereocenters. The Morgan fingerprint density at radius 2 is 1.81 bits per heavy atom. The maximum Gasteiger partial charge on any atom is 0.272 e. The molecular formula is C22H25N3O2. The molecule has 0 spiro atoms. The molecule has 1 saturated heterocycles. The lowest BCUT2D eigenvalue weighted by Crippen LogP contribution is -2.38. The number of nitrogens with zero attached hydrogens (tertiary/aromatic N) is 3. The SMILES string of the molecule is CC1CCN(C(=O)c2cc(C(=O)N3CCCc4ccccc43)ccn2)CC1. The molecule has 27 heavy (non-hydrogen) atoms. The van der Waals surface area contributed by atoms with Crippen LogP contribution < -0.4 is 4.90 Å². The van der Waals surface area contributed by atoms with Crippen molar-refractivity contribution in [2.45, 2.75) is 32.6 Å². The Labute approximate surface area is 160 Å². The number of carbonyl (C=O) groups excluding carboxylic acids is 2. The predicted octanol–water partition coefficient (Wildman–Crippen LogP) is 3.55. The number of aromatic nitrogens is 1. The van der Waals surface area contributed by atoms with Crippen molar-refractivity contribution in [3.05, 3.63) is 59.4 Å². The largest absolute Gasteiger partial charge is 0.337 e. The van der Waals surface area contributed by atoms with Gasteiger partial charge in [-0.3, -0.25) is 14.6 Å². The third-order valence-corrected chi connectivity index (χ3v) is 5.65. The Kier molecular flexibility index (Phi) is 4.92. The second-order valence-corrected chi connectivity index (χ2v) is 7.59. The quantitative estimate of drug-likeness (QED) is 0.820. The van der Waals surface area contributed by atoms with Crippen LogP contribution in [0.3, 0.4) is 0 Å². The van der Waals surface area contributed by atoms with E-state index in [4.69, 9.17) is 0 Å². The van der Waals surface area contributed by atoms with E-state index in [2.05, 4.69) is 18.0 Å². The summed E-state index contributed by atoms with van der Waals surface area (Å²) in [5.41, 5.74) is 3.06. The number of pyridine rings is 1. The van der Waals surface area contributed by atoms with Gasteiger partial charge in [-0.1, -0.05) is 25.1 Å². The van der Waals surface area contributed by atoms with Crippen LogP contribution in [0.5, 0.6) is 0 Å².